The molecule has 2 aromatic rings. The lowest BCUT2D eigenvalue weighted by Crippen LogP contribution is -2.53. The maximum atomic E-state index is 13.6. The molecule has 5 rings (SSSR count). The molecule has 2 bridgehead atoms. The van der Waals surface area contributed by atoms with Gasteiger partial charge in [0.15, 0.2) is 0 Å². The quantitative estimate of drug-likeness (QED) is 0.837. The molecular weight excluding hydrogens is 376 g/mol. The number of nitrogens with zero attached hydrogens (tertiary/aromatic N) is 3. The molecule has 7 heteroatoms. The van der Waals surface area contributed by atoms with Crippen molar-refractivity contribution in [1.29, 1.82) is 0 Å². The minimum Gasteiger partial charge on any atom is -0.388 e. The van der Waals surface area contributed by atoms with Gasteiger partial charge in [-0.15, -0.1) is 0 Å². The molecule has 2 aliphatic heterocycles. The lowest BCUT2D eigenvalue weighted by Gasteiger charge is -2.43. The molecular formula is C22H25F2N3O2. The predicted molar refractivity (Wildman–Crippen MR) is 103 cm³/mol. The fraction of sp³-hybridized carbons (Fsp3) is 0.545. The lowest BCUT2D eigenvalue weighted by molar-refractivity contribution is -0.0678. The number of hydrogen-bond acceptors (Lipinski definition) is 4. The molecule has 1 unspecified atom stereocenters. The molecule has 3 atom stereocenters. The van der Waals surface area contributed by atoms with Crippen LogP contribution in [0.25, 0.3) is 0 Å². The topological polar surface area (TPSA) is 58.4 Å². The Morgan fingerprint density at radius 3 is 2.31 bits per heavy atom. The lowest BCUT2D eigenvalue weighted by atomic mass is 9.85. The summed E-state index contributed by atoms with van der Waals surface area (Å²) < 4.78 is 28.5. The van der Waals surface area contributed by atoms with E-state index in [2.05, 4.69) is 10.00 Å². The van der Waals surface area contributed by atoms with Gasteiger partial charge in [0, 0.05) is 36.7 Å². The smallest absolute Gasteiger partial charge is 0.266 e. The van der Waals surface area contributed by atoms with E-state index < -0.39 is 17.2 Å². The maximum absolute atomic E-state index is 13.6. The van der Waals surface area contributed by atoms with Crippen LogP contribution >= 0.6 is 0 Å². The van der Waals surface area contributed by atoms with Gasteiger partial charge in [0.25, 0.3) is 5.56 Å². The summed E-state index contributed by atoms with van der Waals surface area (Å²) in [7, 11) is 0. The number of piperidine rings is 1. The van der Waals surface area contributed by atoms with Gasteiger partial charge in [-0.05, 0) is 62.3 Å². The first kappa shape index (κ1) is 18.9. The van der Waals surface area contributed by atoms with E-state index in [0.717, 1.165) is 37.4 Å². The van der Waals surface area contributed by atoms with Gasteiger partial charge < -0.3 is 5.11 Å². The molecule has 1 N–H and O–H groups in total. The number of halogens is 2. The zero-order valence-electron chi connectivity index (χ0n) is 16.2. The summed E-state index contributed by atoms with van der Waals surface area (Å²) in [6.07, 6.45) is 5.15. The summed E-state index contributed by atoms with van der Waals surface area (Å²) in [6, 6.07) is 7.23. The maximum Gasteiger partial charge on any atom is 0.266 e. The van der Waals surface area contributed by atoms with Crippen molar-refractivity contribution in [2.75, 3.05) is 0 Å². The highest BCUT2D eigenvalue weighted by Crippen LogP contribution is 2.42. The van der Waals surface area contributed by atoms with Gasteiger partial charge in [0.2, 0.25) is 0 Å². The van der Waals surface area contributed by atoms with E-state index in [1.807, 2.05) is 0 Å². The fourth-order valence-electron chi connectivity index (χ4n) is 5.17. The van der Waals surface area contributed by atoms with Crippen LogP contribution in [0.1, 0.15) is 55.7 Å². The minimum atomic E-state index is -0.992. The minimum absolute atomic E-state index is 0.132. The highest BCUT2D eigenvalue weighted by molar-refractivity contribution is 5.19. The highest BCUT2D eigenvalue weighted by Gasteiger charge is 2.47. The molecule has 29 heavy (non-hydrogen) atoms. The van der Waals surface area contributed by atoms with Crippen LogP contribution in [-0.2, 0) is 13.1 Å². The summed E-state index contributed by atoms with van der Waals surface area (Å²) in [5, 5.41) is 15.8. The zero-order chi connectivity index (χ0) is 20.2. The number of aliphatic hydroxyl groups is 1. The van der Waals surface area contributed by atoms with Crippen LogP contribution in [0.2, 0.25) is 0 Å². The molecule has 0 spiro atoms. The Morgan fingerprint density at radius 2 is 1.69 bits per heavy atom. The number of fused-ring (bicyclic) bond motifs is 2. The molecule has 2 saturated heterocycles. The molecule has 0 radical (unpaired) electrons. The second-order valence-electron chi connectivity index (χ2n) is 9.00. The van der Waals surface area contributed by atoms with Gasteiger partial charge in [-0.25, -0.2) is 13.5 Å². The Labute approximate surface area is 168 Å². The average Bonchev–Trinajstić information content (AvgIpc) is 3.45. The summed E-state index contributed by atoms with van der Waals surface area (Å²) in [5.41, 5.74) is 0.364. The van der Waals surface area contributed by atoms with Crippen LogP contribution in [0.5, 0.6) is 0 Å². The van der Waals surface area contributed by atoms with Crippen LogP contribution in [0, 0.1) is 11.6 Å². The van der Waals surface area contributed by atoms with Crippen molar-refractivity contribution in [1.82, 2.24) is 14.7 Å². The molecule has 1 aromatic carbocycles. The molecule has 1 aromatic heterocycles. The van der Waals surface area contributed by atoms with Crippen molar-refractivity contribution in [2.24, 2.45) is 0 Å². The normalized spacial score (nSPS) is 29.3. The highest BCUT2D eigenvalue weighted by atomic mass is 19.1. The van der Waals surface area contributed by atoms with E-state index in [1.165, 1.54) is 16.8 Å². The van der Waals surface area contributed by atoms with E-state index in [1.54, 1.807) is 12.1 Å². The molecule has 5 nitrogen and oxygen atoms in total. The molecule has 3 heterocycles. The average molecular weight is 401 g/mol. The molecule has 0 amide bonds. The van der Waals surface area contributed by atoms with E-state index in [0.29, 0.717) is 30.9 Å². The number of benzene rings is 1. The van der Waals surface area contributed by atoms with Crippen LogP contribution in [0.4, 0.5) is 8.78 Å². The van der Waals surface area contributed by atoms with Crippen molar-refractivity contribution in [2.45, 2.75) is 75.2 Å². The Hall–Kier alpha value is -2.12. The molecule has 3 fully saturated rings. The van der Waals surface area contributed by atoms with Gasteiger partial charge in [-0.1, -0.05) is 0 Å². The van der Waals surface area contributed by atoms with Crippen LogP contribution in [-0.4, -0.2) is 37.5 Å². The van der Waals surface area contributed by atoms with E-state index in [-0.39, 0.29) is 24.2 Å². The fourth-order valence-corrected chi connectivity index (χ4v) is 5.17. The van der Waals surface area contributed by atoms with Crippen molar-refractivity contribution in [3.8, 4) is 0 Å². The van der Waals surface area contributed by atoms with Crippen molar-refractivity contribution in [3.63, 3.8) is 0 Å². The largest absolute Gasteiger partial charge is 0.388 e. The summed E-state index contributed by atoms with van der Waals surface area (Å²) in [5.74, 6) is -0.690. The number of hydrogen-bond donors (Lipinski definition) is 1. The first-order valence-corrected chi connectivity index (χ1v) is 10.4. The van der Waals surface area contributed by atoms with E-state index in [4.69, 9.17) is 0 Å². The van der Waals surface area contributed by atoms with Gasteiger partial charge >= 0.3 is 0 Å². The Bertz CT molecular complexity index is 954. The van der Waals surface area contributed by atoms with E-state index >= 15 is 0 Å². The molecule has 1 aliphatic carbocycles. The van der Waals surface area contributed by atoms with Crippen molar-refractivity contribution in [3.05, 3.63) is 63.6 Å². The van der Waals surface area contributed by atoms with Crippen LogP contribution < -0.4 is 5.56 Å². The SMILES string of the molecule is O=c1ccc(C2CC2)nn1CC1(O)C[C@H]2CC[C@@H](C1)N2Cc1cc(F)cc(F)c1. The summed E-state index contributed by atoms with van der Waals surface area (Å²) in [4.78, 5) is 14.5. The second-order valence-corrected chi connectivity index (χ2v) is 9.00. The molecule has 1 saturated carbocycles. The number of rotatable bonds is 5. The zero-order valence-corrected chi connectivity index (χ0v) is 16.2. The van der Waals surface area contributed by atoms with Crippen molar-refractivity contribution >= 4 is 0 Å². The second kappa shape index (κ2) is 6.99. The monoisotopic (exact) mass is 401 g/mol. The van der Waals surface area contributed by atoms with Crippen molar-refractivity contribution < 1.29 is 13.9 Å². The van der Waals surface area contributed by atoms with Crippen LogP contribution in [0.15, 0.2) is 35.1 Å². The molecule has 3 aliphatic rings. The third kappa shape index (κ3) is 3.85. The Kier molecular flexibility index (Phi) is 4.55. The Balaban J connectivity index is 1.32. The van der Waals surface area contributed by atoms with Crippen LogP contribution in [0.3, 0.4) is 0 Å². The van der Waals surface area contributed by atoms with Gasteiger partial charge in [0.1, 0.15) is 11.6 Å². The van der Waals surface area contributed by atoms with E-state index in [9.17, 15) is 18.7 Å². The number of aromatic nitrogens is 2. The van der Waals surface area contributed by atoms with Gasteiger partial charge in [-0.3, -0.25) is 9.69 Å². The summed E-state index contributed by atoms with van der Waals surface area (Å²) in [6.45, 7) is 0.664. The first-order valence-electron chi connectivity index (χ1n) is 10.4. The van der Waals surface area contributed by atoms with Gasteiger partial charge in [-0.2, -0.15) is 5.10 Å². The van der Waals surface area contributed by atoms with Gasteiger partial charge in [0.05, 0.1) is 17.8 Å². The third-order valence-corrected chi connectivity index (χ3v) is 6.62. The Morgan fingerprint density at radius 1 is 1.03 bits per heavy atom. The first-order chi connectivity index (χ1) is 13.9. The summed E-state index contributed by atoms with van der Waals surface area (Å²) >= 11 is 0. The predicted octanol–water partition coefficient (Wildman–Crippen LogP) is 2.96. The standard InChI is InChI=1S/C22H25F2N3O2/c23-16-7-14(8-17(24)9-16)12-26-18-3-4-19(26)11-22(29,10-18)13-27-21(28)6-5-20(25-27)15-1-2-15/h5-9,15,18-19,29H,1-4,10-13H2/t18-,19+,22?. The third-order valence-electron chi connectivity index (χ3n) is 6.62. The molecule has 154 valence electrons.